The average molecular weight is 1200 g/mol. The molecule has 0 aliphatic carbocycles. The SMILES string of the molecule is CC(C)(C)OCCO.Cn1c(Nc2ccc(I)cc2Cl)c(C(=O)NOCCOC(C)(C)C)c(=O)n(C)c1=O.Cn1c(Nc2ccc(I)cc2Cl)c(C(=O)Oc2ccccc2)c(=O)n(C)c1=O.N. The van der Waals surface area contributed by atoms with Gasteiger partial charge in [0.05, 0.1) is 59.0 Å². The Kier molecular flexibility index (Phi) is 22.9. The van der Waals surface area contributed by atoms with E-state index >= 15 is 0 Å². The topological polar surface area (TPSA) is 250 Å². The minimum absolute atomic E-state index is 0. The van der Waals surface area contributed by atoms with Gasteiger partial charge in [-0.25, -0.2) is 19.9 Å². The highest BCUT2D eigenvalue weighted by Gasteiger charge is 2.26. The Morgan fingerprint density at radius 3 is 1.49 bits per heavy atom. The van der Waals surface area contributed by atoms with Gasteiger partial charge in [-0.15, -0.1) is 0 Å². The van der Waals surface area contributed by atoms with E-state index in [0.717, 1.165) is 25.4 Å². The molecule has 0 atom stereocenters. The molecule has 0 aliphatic heterocycles. The van der Waals surface area contributed by atoms with Crippen LogP contribution in [0.4, 0.5) is 23.0 Å². The highest BCUT2D eigenvalue weighted by atomic mass is 127. The third-order valence-electron chi connectivity index (χ3n) is 8.59. The summed E-state index contributed by atoms with van der Waals surface area (Å²) >= 11 is 16.7. The molecule has 0 unspecified atom stereocenters. The summed E-state index contributed by atoms with van der Waals surface area (Å²) in [5.41, 5.74) is -0.658. The lowest BCUT2D eigenvalue weighted by Crippen LogP contribution is -2.43. The van der Waals surface area contributed by atoms with Crippen molar-refractivity contribution in [1.82, 2.24) is 29.9 Å². The van der Waals surface area contributed by atoms with Crippen molar-refractivity contribution in [3.05, 3.63) is 137 Å². The highest BCUT2D eigenvalue weighted by molar-refractivity contribution is 14.1. The largest absolute Gasteiger partial charge is 0.423 e. The van der Waals surface area contributed by atoms with Crippen LogP contribution in [-0.2, 0) is 42.5 Å². The van der Waals surface area contributed by atoms with Crippen LogP contribution in [0.15, 0.2) is 85.9 Å². The molecule has 0 bridgehead atoms. The van der Waals surface area contributed by atoms with Gasteiger partial charge in [-0.3, -0.25) is 37.5 Å². The number of para-hydroxylation sites is 1. The lowest BCUT2D eigenvalue weighted by atomic mass is 10.2. The van der Waals surface area contributed by atoms with E-state index in [0.29, 0.717) is 28.0 Å². The molecule has 23 heteroatoms. The predicted octanol–water partition coefficient (Wildman–Crippen LogP) is 6.82. The number of aliphatic hydroxyl groups excluding tert-OH is 1. The number of nitrogens with zero attached hydrogens (tertiary/aromatic N) is 4. The Balaban J connectivity index is 0.000000391. The first-order chi connectivity index (χ1) is 30.8. The molecule has 5 rings (SSSR count). The second-order valence-electron chi connectivity index (χ2n) is 16.0. The van der Waals surface area contributed by atoms with Gasteiger partial charge < -0.3 is 36.1 Å². The number of hydroxylamine groups is 1. The average Bonchev–Trinajstić information content (AvgIpc) is 3.24. The van der Waals surface area contributed by atoms with Crippen LogP contribution in [0.25, 0.3) is 0 Å². The number of aliphatic hydroxyl groups is 1. The number of anilines is 4. The number of ether oxygens (including phenoxy) is 3. The minimum Gasteiger partial charge on any atom is -0.423 e. The van der Waals surface area contributed by atoms with Gasteiger partial charge in [-0.05, 0) is 135 Å². The van der Waals surface area contributed by atoms with Gasteiger partial charge in [0.15, 0.2) is 5.56 Å². The molecule has 366 valence electrons. The van der Waals surface area contributed by atoms with Gasteiger partial charge in [-0.1, -0.05) is 41.4 Å². The summed E-state index contributed by atoms with van der Waals surface area (Å²) in [6.07, 6.45) is 0. The first-order valence-corrected chi connectivity index (χ1v) is 22.8. The number of hydrogen-bond donors (Lipinski definition) is 5. The Morgan fingerprint density at radius 2 is 1.07 bits per heavy atom. The first-order valence-electron chi connectivity index (χ1n) is 19.9. The Morgan fingerprint density at radius 1 is 0.642 bits per heavy atom. The number of aromatic nitrogens is 4. The maximum Gasteiger partial charge on any atom is 0.352 e. The maximum absolute atomic E-state index is 12.8. The van der Waals surface area contributed by atoms with E-state index in [2.05, 4.69) is 61.3 Å². The van der Waals surface area contributed by atoms with Crippen LogP contribution in [0, 0.1) is 7.14 Å². The summed E-state index contributed by atoms with van der Waals surface area (Å²) in [4.78, 5) is 80.8. The molecule has 7 N–H and O–H groups in total. The summed E-state index contributed by atoms with van der Waals surface area (Å²) in [5, 5.41) is 14.9. The third-order valence-corrected chi connectivity index (χ3v) is 10.6. The molecular weight excluding hydrogens is 1140 g/mol. The summed E-state index contributed by atoms with van der Waals surface area (Å²) in [5.74, 6) is -1.41. The molecular formula is C44H56Cl2I2N8O11. The van der Waals surface area contributed by atoms with Crippen LogP contribution in [-0.4, -0.2) is 72.9 Å². The van der Waals surface area contributed by atoms with Gasteiger partial charge in [-0.2, -0.15) is 0 Å². The van der Waals surface area contributed by atoms with Crippen molar-refractivity contribution in [3.8, 4) is 5.75 Å². The summed E-state index contributed by atoms with van der Waals surface area (Å²) in [6, 6.07) is 18.8. The highest BCUT2D eigenvalue weighted by Crippen LogP contribution is 2.29. The quantitative estimate of drug-likeness (QED) is 0.0267. The fourth-order valence-corrected chi connectivity index (χ4v) is 7.17. The standard InChI is InChI=1S/C19H24ClIN4O5.C19H15ClIN3O4.C6H14O2.H3N/c1-19(2,3)29-8-9-30-23-16(26)14-15(24(4)18(28)25(5)17(14)27)22-13-7-6-11(21)10-12(13)20;1-23-16(22-14-9-8-11(21)10-13(14)20)15(17(25)24(2)19(23)27)18(26)28-12-6-4-3-5-7-12;1-6(2,3)8-5-4-7;/h6-7,10,22H,8-9H2,1-5H3,(H,23,26);3-10,22H,1-2H3;7H,4-5H2,1-3H3;1H3. The molecule has 19 nitrogen and oxygen atoms in total. The maximum atomic E-state index is 12.8. The minimum atomic E-state index is -0.883. The van der Waals surface area contributed by atoms with Crippen LogP contribution in [0.3, 0.4) is 0 Å². The van der Waals surface area contributed by atoms with Crippen molar-refractivity contribution >= 4 is 103 Å². The van der Waals surface area contributed by atoms with Crippen molar-refractivity contribution < 1.29 is 33.7 Å². The molecule has 0 radical (unpaired) electrons. The van der Waals surface area contributed by atoms with Crippen molar-refractivity contribution in [2.24, 2.45) is 28.2 Å². The molecule has 0 fully saturated rings. The van der Waals surface area contributed by atoms with Gasteiger partial charge in [0.25, 0.3) is 17.0 Å². The molecule has 5 aromatic rings. The lowest BCUT2D eigenvalue weighted by molar-refractivity contribution is -0.0511. The van der Waals surface area contributed by atoms with Crippen molar-refractivity contribution in [1.29, 1.82) is 0 Å². The monoisotopic (exact) mass is 1200 g/mol. The fraction of sp³-hybridized carbons (Fsp3) is 0.364. The molecule has 1 amide bonds. The number of amides is 1. The van der Waals surface area contributed by atoms with E-state index in [1.165, 1.54) is 28.2 Å². The van der Waals surface area contributed by atoms with E-state index < -0.39 is 34.4 Å². The smallest absolute Gasteiger partial charge is 0.352 e. The molecule has 3 aromatic carbocycles. The number of carbonyl (C=O) groups excluding carboxylic acids is 2. The molecule has 0 saturated carbocycles. The van der Waals surface area contributed by atoms with E-state index in [9.17, 15) is 28.8 Å². The Hall–Kier alpha value is -4.60. The third kappa shape index (κ3) is 17.5. The number of halogens is 4. The van der Waals surface area contributed by atoms with Gasteiger partial charge in [0.2, 0.25) is 0 Å². The molecule has 2 heterocycles. The van der Waals surface area contributed by atoms with E-state index in [4.69, 9.17) is 47.4 Å². The zero-order valence-electron chi connectivity index (χ0n) is 38.7. The van der Waals surface area contributed by atoms with Crippen molar-refractivity contribution in [2.45, 2.75) is 52.7 Å². The molecule has 0 saturated heterocycles. The normalized spacial score (nSPS) is 11.0. The number of esters is 1. The number of carbonyl (C=O) groups is 2. The van der Waals surface area contributed by atoms with E-state index in [1.54, 1.807) is 66.7 Å². The summed E-state index contributed by atoms with van der Waals surface area (Å²) in [7, 11) is 5.48. The molecule has 0 aliphatic rings. The number of nitrogens with one attached hydrogen (secondary N) is 3. The van der Waals surface area contributed by atoms with Crippen molar-refractivity contribution in [2.75, 3.05) is 37.1 Å². The van der Waals surface area contributed by atoms with Crippen LogP contribution >= 0.6 is 68.4 Å². The second-order valence-corrected chi connectivity index (χ2v) is 19.3. The van der Waals surface area contributed by atoms with Crippen LogP contribution in [0.1, 0.15) is 62.3 Å². The Bertz CT molecular complexity index is 2750. The molecule has 67 heavy (non-hydrogen) atoms. The number of hydrogen-bond acceptors (Lipinski definition) is 14. The van der Waals surface area contributed by atoms with Crippen LogP contribution in [0.2, 0.25) is 10.0 Å². The molecule has 0 spiro atoms. The summed E-state index contributed by atoms with van der Waals surface area (Å²) in [6.45, 7) is 12.4. The fourth-order valence-electron chi connectivity index (χ4n) is 5.36. The lowest BCUT2D eigenvalue weighted by Gasteiger charge is -2.19. The zero-order chi connectivity index (χ0) is 49.7. The zero-order valence-corrected chi connectivity index (χ0v) is 44.5. The molecule has 2 aromatic heterocycles. The van der Waals surface area contributed by atoms with Gasteiger partial charge >= 0.3 is 17.3 Å². The van der Waals surface area contributed by atoms with E-state index in [-0.39, 0.29) is 65.7 Å². The first kappa shape index (κ1) is 58.5. The van der Waals surface area contributed by atoms with Crippen molar-refractivity contribution in [3.63, 3.8) is 0 Å². The van der Waals surface area contributed by atoms with Crippen LogP contribution < -0.4 is 49.5 Å². The Labute approximate surface area is 424 Å². The predicted molar refractivity (Wildman–Crippen MR) is 277 cm³/mol. The second kappa shape index (κ2) is 26.2. The summed E-state index contributed by atoms with van der Waals surface area (Å²) < 4.78 is 21.8. The number of rotatable bonds is 13. The van der Waals surface area contributed by atoms with Gasteiger partial charge in [0, 0.05) is 35.3 Å². The van der Waals surface area contributed by atoms with E-state index in [1.807, 2.05) is 41.5 Å². The number of benzene rings is 3. The van der Waals surface area contributed by atoms with Crippen LogP contribution in [0.5, 0.6) is 5.75 Å². The van der Waals surface area contributed by atoms with Gasteiger partial charge in [0.1, 0.15) is 22.9 Å².